The van der Waals surface area contributed by atoms with Gasteiger partial charge >= 0.3 is 0 Å². The maximum Gasteiger partial charge on any atom is 0.255 e. The summed E-state index contributed by atoms with van der Waals surface area (Å²) < 4.78 is 5.27. The second-order valence-electron chi connectivity index (χ2n) is 6.99. The average Bonchev–Trinajstić information content (AvgIpc) is 3.18. The number of anilines is 1. The second-order valence-corrected chi connectivity index (χ2v) is 8.00. The van der Waals surface area contributed by atoms with Crippen LogP contribution < -0.4 is 4.90 Å². The number of nitrogens with zero attached hydrogens (tertiary/aromatic N) is 3. The van der Waals surface area contributed by atoms with Crippen molar-refractivity contribution in [3.8, 4) is 5.75 Å². The Bertz CT molecular complexity index is 996. The Labute approximate surface area is 174 Å². The van der Waals surface area contributed by atoms with E-state index >= 15 is 0 Å². The lowest BCUT2D eigenvalue weighted by molar-refractivity contribution is 0.0743. The van der Waals surface area contributed by atoms with Crippen LogP contribution in [0.4, 0.5) is 5.69 Å². The maximum absolute atomic E-state index is 13.2. The number of piperazine rings is 1. The Balaban J connectivity index is 1.42. The summed E-state index contributed by atoms with van der Waals surface area (Å²) in [6.07, 6.45) is 0. The van der Waals surface area contributed by atoms with Crippen molar-refractivity contribution in [3.63, 3.8) is 0 Å². The lowest BCUT2D eigenvalue weighted by Crippen LogP contribution is -2.48. The zero-order chi connectivity index (χ0) is 20.2. The number of carbonyl (C=O) groups excluding carboxylic acids is 1. The first-order chi connectivity index (χ1) is 14.1. The Hall–Kier alpha value is -2.93. The molecule has 0 atom stereocenters. The van der Waals surface area contributed by atoms with Gasteiger partial charge in [-0.15, -0.1) is 11.8 Å². The van der Waals surface area contributed by atoms with Gasteiger partial charge in [0.2, 0.25) is 0 Å². The minimum atomic E-state index is 0.0405. The molecular weight excluding hydrogens is 386 g/mol. The standard InChI is InChI=1S/C22H23N3O3S/c1-16-14-17(28-23-16)15-29-21-9-5-2-6-18(21)22(27)25-12-10-24(11-13-25)19-7-3-4-8-20(19)26/h2-9,14,26H,10-13,15H2,1H3. The SMILES string of the molecule is Cc1cc(CSc2ccccc2C(=O)N2CCN(c3ccccc3O)CC2)on1. The number of aromatic hydroxyl groups is 1. The minimum absolute atomic E-state index is 0.0405. The lowest BCUT2D eigenvalue weighted by atomic mass is 10.1. The van der Waals surface area contributed by atoms with Crippen LogP contribution in [-0.4, -0.2) is 47.2 Å². The molecule has 0 radical (unpaired) electrons. The van der Waals surface area contributed by atoms with E-state index in [0.717, 1.165) is 22.0 Å². The summed E-state index contributed by atoms with van der Waals surface area (Å²) in [6.45, 7) is 4.51. The number of aromatic nitrogens is 1. The van der Waals surface area contributed by atoms with E-state index in [1.165, 1.54) is 0 Å². The molecule has 1 fully saturated rings. The molecule has 6 nitrogen and oxygen atoms in total. The second kappa shape index (κ2) is 8.61. The number of carbonyl (C=O) groups is 1. The van der Waals surface area contributed by atoms with Crippen LogP contribution in [0.2, 0.25) is 0 Å². The molecule has 1 aliphatic rings. The van der Waals surface area contributed by atoms with E-state index in [2.05, 4.69) is 10.1 Å². The molecule has 1 aromatic heterocycles. The summed E-state index contributed by atoms with van der Waals surface area (Å²) in [5.41, 5.74) is 2.38. The van der Waals surface area contributed by atoms with Crippen molar-refractivity contribution < 1.29 is 14.4 Å². The Morgan fingerprint density at radius 2 is 1.83 bits per heavy atom. The minimum Gasteiger partial charge on any atom is -0.506 e. The smallest absolute Gasteiger partial charge is 0.255 e. The van der Waals surface area contributed by atoms with E-state index in [4.69, 9.17) is 4.52 Å². The van der Waals surface area contributed by atoms with Gasteiger partial charge in [-0.25, -0.2) is 0 Å². The van der Waals surface area contributed by atoms with Gasteiger partial charge in [0.05, 0.1) is 22.7 Å². The van der Waals surface area contributed by atoms with Crippen molar-refractivity contribution in [1.29, 1.82) is 0 Å². The van der Waals surface area contributed by atoms with Gasteiger partial charge in [-0.05, 0) is 31.2 Å². The van der Waals surface area contributed by atoms with Crippen LogP contribution in [0.25, 0.3) is 0 Å². The third-order valence-corrected chi connectivity index (χ3v) is 6.05. The average molecular weight is 410 g/mol. The highest BCUT2D eigenvalue weighted by Crippen LogP contribution is 2.29. The van der Waals surface area contributed by atoms with Gasteiger partial charge in [0.25, 0.3) is 5.91 Å². The topological polar surface area (TPSA) is 69.8 Å². The molecule has 150 valence electrons. The number of phenolic OH excluding ortho intramolecular Hbond substituents is 1. The predicted octanol–water partition coefficient (Wildman–Crippen LogP) is 3.94. The summed E-state index contributed by atoms with van der Waals surface area (Å²) in [7, 11) is 0. The molecule has 4 rings (SSSR count). The fraction of sp³-hybridized carbons (Fsp3) is 0.273. The first-order valence-electron chi connectivity index (χ1n) is 9.58. The first-order valence-corrected chi connectivity index (χ1v) is 10.6. The lowest BCUT2D eigenvalue weighted by Gasteiger charge is -2.36. The van der Waals surface area contributed by atoms with E-state index in [1.807, 2.05) is 60.4 Å². The van der Waals surface area contributed by atoms with Gasteiger partial charge in [-0.3, -0.25) is 4.79 Å². The molecule has 2 heterocycles. The molecule has 7 heteroatoms. The van der Waals surface area contributed by atoms with Crippen molar-refractivity contribution in [2.75, 3.05) is 31.1 Å². The first kappa shape index (κ1) is 19.4. The molecule has 1 saturated heterocycles. The van der Waals surface area contributed by atoms with Crippen LogP contribution in [0.1, 0.15) is 21.8 Å². The maximum atomic E-state index is 13.2. The number of benzene rings is 2. The molecule has 0 unspecified atom stereocenters. The quantitative estimate of drug-likeness (QED) is 0.644. The highest BCUT2D eigenvalue weighted by molar-refractivity contribution is 7.98. The summed E-state index contributed by atoms with van der Waals surface area (Å²) in [6, 6.07) is 16.9. The molecule has 29 heavy (non-hydrogen) atoms. The monoisotopic (exact) mass is 409 g/mol. The predicted molar refractivity (Wildman–Crippen MR) is 113 cm³/mol. The van der Waals surface area contributed by atoms with E-state index in [1.54, 1.807) is 17.8 Å². The van der Waals surface area contributed by atoms with Crippen LogP contribution in [0.3, 0.4) is 0 Å². The highest BCUT2D eigenvalue weighted by Gasteiger charge is 2.25. The summed E-state index contributed by atoms with van der Waals surface area (Å²) in [5.74, 6) is 1.74. The molecule has 0 aliphatic carbocycles. The Kier molecular flexibility index (Phi) is 5.76. The molecule has 1 N–H and O–H groups in total. The zero-order valence-corrected chi connectivity index (χ0v) is 17.1. The van der Waals surface area contributed by atoms with Crippen LogP contribution >= 0.6 is 11.8 Å². The van der Waals surface area contributed by atoms with Gasteiger partial charge in [0, 0.05) is 37.1 Å². The molecular formula is C22H23N3O3S. The van der Waals surface area contributed by atoms with Crippen LogP contribution in [0.5, 0.6) is 5.75 Å². The fourth-order valence-corrected chi connectivity index (χ4v) is 4.37. The summed E-state index contributed by atoms with van der Waals surface area (Å²) >= 11 is 1.58. The van der Waals surface area contributed by atoms with Crippen molar-refractivity contribution in [3.05, 3.63) is 71.6 Å². The molecule has 0 saturated carbocycles. The van der Waals surface area contributed by atoms with Crippen molar-refractivity contribution >= 4 is 23.4 Å². The van der Waals surface area contributed by atoms with Gasteiger partial charge in [-0.2, -0.15) is 0 Å². The van der Waals surface area contributed by atoms with E-state index in [9.17, 15) is 9.90 Å². The van der Waals surface area contributed by atoms with E-state index in [0.29, 0.717) is 37.5 Å². The largest absolute Gasteiger partial charge is 0.506 e. The number of aryl methyl sites for hydroxylation is 1. The number of thioether (sulfide) groups is 1. The van der Waals surface area contributed by atoms with Crippen molar-refractivity contribution in [2.24, 2.45) is 0 Å². The van der Waals surface area contributed by atoms with Crippen LogP contribution in [0, 0.1) is 6.92 Å². The molecule has 0 spiro atoms. The van der Waals surface area contributed by atoms with Gasteiger partial charge in [-0.1, -0.05) is 29.4 Å². The van der Waals surface area contributed by atoms with E-state index in [-0.39, 0.29) is 11.7 Å². The number of para-hydroxylation sites is 2. The summed E-state index contributed by atoms with van der Waals surface area (Å²) in [4.78, 5) is 18.1. The number of hydrogen-bond acceptors (Lipinski definition) is 6. The van der Waals surface area contributed by atoms with Crippen molar-refractivity contribution in [1.82, 2.24) is 10.1 Å². The van der Waals surface area contributed by atoms with Gasteiger partial charge in [0.1, 0.15) is 11.5 Å². The highest BCUT2D eigenvalue weighted by atomic mass is 32.2. The molecule has 3 aromatic rings. The molecule has 0 bridgehead atoms. The number of rotatable bonds is 5. The van der Waals surface area contributed by atoms with Gasteiger partial charge < -0.3 is 19.4 Å². The molecule has 1 aliphatic heterocycles. The third kappa shape index (κ3) is 4.40. The number of hydrogen-bond donors (Lipinski definition) is 1. The van der Waals surface area contributed by atoms with Crippen molar-refractivity contribution in [2.45, 2.75) is 17.6 Å². The summed E-state index contributed by atoms with van der Waals surface area (Å²) in [5, 5.41) is 14.0. The normalized spacial score (nSPS) is 14.2. The zero-order valence-electron chi connectivity index (χ0n) is 16.2. The molecule has 2 aromatic carbocycles. The fourth-order valence-electron chi connectivity index (χ4n) is 3.45. The third-order valence-electron chi connectivity index (χ3n) is 4.95. The Morgan fingerprint density at radius 1 is 1.10 bits per heavy atom. The number of amides is 1. The van der Waals surface area contributed by atoms with Crippen LogP contribution in [0.15, 0.2) is 64.0 Å². The van der Waals surface area contributed by atoms with Crippen LogP contribution in [-0.2, 0) is 5.75 Å². The van der Waals surface area contributed by atoms with Gasteiger partial charge in [0.15, 0.2) is 0 Å². The Morgan fingerprint density at radius 3 is 2.55 bits per heavy atom. The van der Waals surface area contributed by atoms with E-state index < -0.39 is 0 Å². The molecule has 1 amide bonds. The number of phenols is 1.